The molecule has 0 unspecified atom stereocenters. The van der Waals surface area contributed by atoms with Crippen molar-refractivity contribution in [2.24, 2.45) is 10.7 Å². The van der Waals surface area contributed by atoms with Crippen molar-refractivity contribution in [2.75, 3.05) is 6.54 Å². The first kappa shape index (κ1) is 10.8. The van der Waals surface area contributed by atoms with E-state index in [0.717, 1.165) is 12.5 Å². The first-order chi connectivity index (χ1) is 7.09. The second-order valence-electron chi connectivity index (χ2n) is 5.49. The summed E-state index contributed by atoms with van der Waals surface area (Å²) in [5.41, 5.74) is 6.32. The van der Waals surface area contributed by atoms with Crippen molar-refractivity contribution in [3.63, 3.8) is 0 Å². The van der Waals surface area contributed by atoms with Crippen LogP contribution >= 0.6 is 0 Å². The molecule has 0 aromatic rings. The Labute approximate surface area is 92.7 Å². The van der Waals surface area contributed by atoms with Gasteiger partial charge >= 0.3 is 0 Å². The molecule has 1 aliphatic heterocycles. The Bertz CT molecular complexity index is 252. The lowest BCUT2D eigenvalue weighted by Gasteiger charge is -2.32. The minimum Gasteiger partial charge on any atom is -0.370 e. The molecular weight excluding hydrogens is 186 g/mol. The summed E-state index contributed by atoms with van der Waals surface area (Å²) in [6.45, 7) is 5.60. The molecule has 2 rings (SSSR count). The second-order valence-corrected chi connectivity index (χ2v) is 5.49. The van der Waals surface area contributed by atoms with E-state index < -0.39 is 0 Å². The first-order valence-corrected chi connectivity index (χ1v) is 6.20. The quantitative estimate of drug-likeness (QED) is 0.531. The molecule has 3 nitrogen and oxygen atoms in total. The van der Waals surface area contributed by atoms with Crippen LogP contribution in [0.5, 0.6) is 0 Å². The fraction of sp³-hybridized carbons (Fsp3) is 0.917. The van der Waals surface area contributed by atoms with Gasteiger partial charge in [-0.15, -0.1) is 0 Å². The Hall–Kier alpha value is -0.730. The minimum absolute atomic E-state index is 0.214. The fourth-order valence-corrected chi connectivity index (χ4v) is 2.82. The summed E-state index contributed by atoms with van der Waals surface area (Å²) < 4.78 is 0. The lowest BCUT2D eigenvalue weighted by Crippen LogP contribution is -2.47. The van der Waals surface area contributed by atoms with Crippen LogP contribution in [-0.2, 0) is 0 Å². The van der Waals surface area contributed by atoms with Gasteiger partial charge in [-0.2, -0.15) is 0 Å². The third kappa shape index (κ3) is 2.27. The number of likely N-dealkylation sites (tertiary alicyclic amines) is 1. The average molecular weight is 209 g/mol. The number of guanidine groups is 1. The highest BCUT2D eigenvalue weighted by Gasteiger charge is 2.33. The maximum absolute atomic E-state index is 6.11. The van der Waals surface area contributed by atoms with Crippen LogP contribution in [0.1, 0.15) is 52.4 Å². The van der Waals surface area contributed by atoms with E-state index in [9.17, 15) is 0 Å². The summed E-state index contributed by atoms with van der Waals surface area (Å²) in [6, 6.07) is 0.501. The highest BCUT2D eigenvalue weighted by atomic mass is 15.3. The summed E-state index contributed by atoms with van der Waals surface area (Å²) in [7, 11) is 0. The molecular formula is C12H23N3. The smallest absolute Gasteiger partial charge is 0.191 e. The molecule has 0 amide bonds. The van der Waals surface area contributed by atoms with Gasteiger partial charge in [0.2, 0.25) is 0 Å². The topological polar surface area (TPSA) is 41.6 Å². The van der Waals surface area contributed by atoms with E-state index in [1.54, 1.807) is 0 Å². The van der Waals surface area contributed by atoms with Crippen molar-refractivity contribution >= 4 is 5.96 Å². The molecule has 0 spiro atoms. The molecule has 2 fully saturated rings. The minimum atomic E-state index is 0.214. The Kier molecular flexibility index (Phi) is 2.89. The maximum Gasteiger partial charge on any atom is 0.191 e. The van der Waals surface area contributed by atoms with Crippen LogP contribution in [0.25, 0.3) is 0 Å². The molecule has 0 bridgehead atoms. The van der Waals surface area contributed by atoms with Crippen molar-refractivity contribution < 1.29 is 0 Å². The van der Waals surface area contributed by atoms with Crippen LogP contribution < -0.4 is 5.73 Å². The summed E-state index contributed by atoms with van der Waals surface area (Å²) in [4.78, 5) is 6.96. The Morgan fingerprint density at radius 1 is 1.27 bits per heavy atom. The van der Waals surface area contributed by atoms with Crippen molar-refractivity contribution in [3.8, 4) is 0 Å². The lowest BCUT2D eigenvalue weighted by atomic mass is 10.0. The summed E-state index contributed by atoms with van der Waals surface area (Å²) in [6.07, 6.45) is 7.58. The molecule has 1 saturated heterocycles. The van der Waals surface area contributed by atoms with Gasteiger partial charge in [0, 0.05) is 12.1 Å². The van der Waals surface area contributed by atoms with Gasteiger partial charge in [0.25, 0.3) is 0 Å². The number of nitrogens with zero attached hydrogens (tertiary/aromatic N) is 2. The lowest BCUT2D eigenvalue weighted by molar-refractivity contribution is 0.277. The number of hydrogen-bond acceptors (Lipinski definition) is 1. The largest absolute Gasteiger partial charge is 0.370 e. The Morgan fingerprint density at radius 3 is 2.47 bits per heavy atom. The van der Waals surface area contributed by atoms with Gasteiger partial charge in [-0.3, -0.25) is 0 Å². The molecule has 0 atom stereocenters. The molecule has 0 aromatic carbocycles. The molecule has 3 heteroatoms. The third-order valence-electron chi connectivity index (χ3n) is 3.82. The Balaban J connectivity index is 2.02. The Morgan fingerprint density at radius 2 is 1.93 bits per heavy atom. The van der Waals surface area contributed by atoms with E-state index in [1.807, 2.05) is 0 Å². The predicted molar refractivity (Wildman–Crippen MR) is 63.9 cm³/mol. The van der Waals surface area contributed by atoms with Gasteiger partial charge in [0.1, 0.15) is 0 Å². The molecule has 1 aliphatic carbocycles. The molecule has 2 N–H and O–H groups in total. The third-order valence-corrected chi connectivity index (χ3v) is 3.82. The summed E-state index contributed by atoms with van der Waals surface area (Å²) in [5, 5.41) is 0. The standard InChI is InChI=1S/C12H23N3/c1-12(2)8-5-9-15(12)11(13)14-10-6-3-4-7-10/h10H,3-9H2,1-2H3,(H2,13,14). The number of aliphatic imine (C=N–C) groups is 1. The van der Waals surface area contributed by atoms with Crippen LogP contribution in [0.3, 0.4) is 0 Å². The van der Waals surface area contributed by atoms with Crippen LogP contribution in [0.2, 0.25) is 0 Å². The van der Waals surface area contributed by atoms with Crippen LogP contribution in [0.4, 0.5) is 0 Å². The normalized spacial score (nSPS) is 27.6. The summed E-state index contributed by atoms with van der Waals surface area (Å²) >= 11 is 0. The van der Waals surface area contributed by atoms with E-state index >= 15 is 0 Å². The maximum atomic E-state index is 6.11. The van der Waals surface area contributed by atoms with Crippen molar-refractivity contribution in [2.45, 2.75) is 64.0 Å². The van der Waals surface area contributed by atoms with E-state index in [1.165, 1.54) is 38.5 Å². The molecule has 0 aromatic heterocycles. The highest BCUT2D eigenvalue weighted by molar-refractivity contribution is 5.79. The van der Waals surface area contributed by atoms with Gasteiger partial charge in [-0.05, 0) is 39.5 Å². The van der Waals surface area contributed by atoms with E-state index in [4.69, 9.17) is 5.73 Å². The number of hydrogen-bond donors (Lipinski definition) is 1. The fourth-order valence-electron chi connectivity index (χ4n) is 2.82. The number of rotatable bonds is 1. The van der Waals surface area contributed by atoms with Gasteiger partial charge < -0.3 is 10.6 Å². The SMILES string of the molecule is CC1(C)CCCN1C(N)=NC1CCCC1. The van der Waals surface area contributed by atoms with E-state index in [2.05, 4.69) is 23.7 Å². The molecule has 1 heterocycles. The van der Waals surface area contributed by atoms with Crippen molar-refractivity contribution in [3.05, 3.63) is 0 Å². The monoisotopic (exact) mass is 209 g/mol. The van der Waals surface area contributed by atoms with Crippen molar-refractivity contribution in [1.29, 1.82) is 0 Å². The average Bonchev–Trinajstić information content (AvgIpc) is 2.73. The van der Waals surface area contributed by atoms with Crippen LogP contribution in [-0.4, -0.2) is 29.0 Å². The van der Waals surface area contributed by atoms with Crippen molar-refractivity contribution in [1.82, 2.24) is 4.90 Å². The molecule has 2 aliphatic rings. The van der Waals surface area contributed by atoms with Gasteiger partial charge in [-0.25, -0.2) is 4.99 Å². The first-order valence-electron chi connectivity index (χ1n) is 6.20. The zero-order chi connectivity index (χ0) is 10.9. The van der Waals surface area contributed by atoms with Crippen LogP contribution in [0.15, 0.2) is 4.99 Å². The molecule has 15 heavy (non-hydrogen) atoms. The predicted octanol–water partition coefficient (Wildman–Crippen LogP) is 2.12. The molecule has 1 saturated carbocycles. The zero-order valence-corrected chi connectivity index (χ0v) is 10.00. The van der Waals surface area contributed by atoms with Gasteiger partial charge in [-0.1, -0.05) is 12.8 Å². The van der Waals surface area contributed by atoms with E-state index in [0.29, 0.717) is 6.04 Å². The summed E-state index contributed by atoms with van der Waals surface area (Å²) in [5.74, 6) is 0.782. The molecule has 0 radical (unpaired) electrons. The molecule has 86 valence electrons. The van der Waals surface area contributed by atoms with Crippen LogP contribution in [0, 0.1) is 0 Å². The highest BCUT2D eigenvalue weighted by Crippen LogP contribution is 2.28. The van der Waals surface area contributed by atoms with Gasteiger partial charge in [0.05, 0.1) is 6.04 Å². The van der Waals surface area contributed by atoms with Gasteiger partial charge in [0.15, 0.2) is 5.96 Å². The number of nitrogens with two attached hydrogens (primary N) is 1. The second kappa shape index (κ2) is 4.03. The zero-order valence-electron chi connectivity index (χ0n) is 10.00. The van der Waals surface area contributed by atoms with E-state index in [-0.39, 0.29) is 5.54 Å².